The van der Waals surface area contributed by atoms with Gasteiger partial charge in [-0.2, -0.15) is 0 Å². The SMILES string of the molecule is O=C(CSCc1ccccc1)N1CC[C@@H](S(=O)(=O)c2ccccc2)C1. The lowest BCUT2D eigenvalue weighted by Crippen LogP contribution is -2.33. The number of nitrogens with zero attached hydrogens (tertiary/aromatic N) is 1. The molecule has 1 aliphatic rings. The molecule has 1 fully saturated rings. The molecule has 0 aromatic heterocycles. The summed E-state index contributed by atoms with van der Waals surface area (Å²) in [5.74, 6) is 1.19. The van der Waals surface area contributed by atoms with Crippen LogP contribution in [0.2, 0.25) is 0 Å². The van der Waals surface area contributed by atoms with E-state index in [1.54, 1.807) is 47.0 Å². The third kappa shape index (κ3) is 4.44. The lowest BCUT2D eigenvalue weighted by molar-refractivity contribution is -0.127. The Labute approximate surface area is 153 Å². The van der Waals surface area contributed by atoms with Crippen molar-refractivity contribution in [2.45, 2.75) is 22.3 Å². The van der Waals surface area contributed by atoms with Crippen LogP contribution in [0.5, 0.6) is 0 Å². The van der Waals surface area contributed by atoms with Gasteiger partial charge in [0.25, 0.3) is 0 Å². The standard InChI is InChI=1S/C19H21NO3S2/c21-19(15-24-14-16-7-3-1-4-8-16)20-12-11-18(13-20)25(22,23)17-9-5-2-6-10-17/h1-10,18H,11-15H2/t18-/m1/s1. The molecule has 2 aromatic rings. The number of carbonyl (C=O) groups excluding carboxylic acids is 1. The highest BCUT2D eigenvalue weighted by Crippen LogP contribution is 2.24. The Hall–Kier alpha value is -1.79. The normalized spacial score (nSPS) is 17.6. The maximum atomic E-state index is 12.7. The van der Waals surface area contributed by atoms with Gasteiger partial charge in [0.05, 0.1) is 15.9 Å². The number of benzene rings is 2. The van der Waals surface area contributed by atoms with Crippen LogP contribution in [0.1, 0.15) is 12.0 Å². The number of hydrogen-bond acceptors (Lipinski definition) is 4. The van der Waals surface area contributed by atoms with Gasteiger partial charge >= 0.3 is 0 Å². The van der Waals surface area contributed by atoms with Crippen molar-refractivity contribution in [2.75, 3.05) is 18.8 Å². The summed E-state index contributed by atoms with van der Waals surface area (Å²) in [5.41, 5.74) is 1.19. The summed E-state index contributed by atoms with van der Waals surface area (Å²) in [6.45, 7) is 0.809. The van der Waals surface area contributed by atoms with Crippen molar-refractivity contribution < 1.29 is 13.2 Å². The highest BCUT2D eigenvalue weighted by molar-refractivity contribution is 7.99. The van der Waals surface area contributed by atoms with Gasteiger partial charge in [-0.05, 0) is 24.1 Å². The molecular weight excluding hydrogens is 354 g/mol. The highest BCUT2D eigenvalue weighted by atomic mass is 32.2. The zero-order valence-electron chi connectivity index (χ0n) is 13.9. The number of carbonyl (C=O) groups is 1. The van der Waals surface area contributed by atoms with Crippen LogP contribution in [0.4, 0.5) is 0 Å². The number of sulfone groups is 1. The zero-order chi connectivity index (χ0) is 17.7. The van der Waals surface area contributed by atoms with Gasteiger partial charge in [-0.1, -0.05) is 48.5 Å². The predicted molar refractivity (Wildman–Crippen MR) is 101 cm³/mol. The van der Waals surface area contributed by atoms with Crippen LogP contribution in [0, 0.1) is 0 Å². The molecule has 0 N–H and O–H groups in total. The molecule has 0 spiro atoms. The molecule has 1 atom stereocenters. The predicted octanol–water partition coefficient (Wildman–Crippen LogP) is 2.99. The molecule has 0 radical (unpaired) electrons. The fraction of sp³-hybridized carbons (Fsp3) is 0.316. The summed E-state index contributed by atoms with van der Waals surface area (Å²) in [6.07, 6.45) is 0.506. The summed E-state index contributed by atoms with van der Waals surface area (Å²) < 4.78 is 25.3. The maximum Gasteiger partial charge on any atom is 0.232 e. The largest absolute Gasteiger partial charge is 0.341 e. The first kappa shape index (κ1) is 18.0. The Balaban J connectivity index is 1.53. The van der Waals surface area contributed by atoms with Crippen molar-refractivity contribution in [3.05, 3.63) is 66.2 Å². The van der Waals surface area contributed by atoms with E-state index in [4.69, 9.17) is 0 Å². The van der Waals surface area contributed by atoms with E-state index in [-0.39, 0.29) is 5.91 Å². The Morgan fingerprint density at radius 2 is 1.68 bits per heavy atom. The molecule has 0 bridgehead atoms. The summed E-state index contributed by atoms with van der Waals surface area (Å²) in [4.78, 5) is 14.4. The van der Waals surface area contributed by atoms with Crippen LogP contribution in [-0.4, -0.2) is 43.3 Å². The van der Waals surface area contributed by atoms with Gasteiger partial charge < -0.3 is 4.90 Å². The number of likely N-dealkylation sites (tertiary alicyclic amines) is 1. The third-order valence-electron chi connectivity index (χ3n) is 4.35. The maximum absolute atomic E-state index is 12.7. The molecule has 0 unspecified atom stereocenters. The minimum absolute atomic E-state index is 0.0201. The number of thioether (sulfide) groups is 1. The molecule has 4 nitrogen and oxygen atoms in total. The second-order valence-corrected chi connectivity index (χ2v) is 9.30. The molecule has 1 heterocycles. The topological polar surface area (TPSA) is 54.5 Å². The molecule has 25 heavy (non-hydrogen) atoms. The van der Waals surface area contributed by atoms with Crippen molar-refractivity contribution in [1.29, 1.82) is 0 Å². The zero-order valence-corrected chi connectivity index (χ0v) is 15.5. The summed E-state index contributed by atoms with van der Waals surface area (Å²) >= 11 is 1.57. The Morgan fingerprint density at radius 1 is 1.04 bits per heavy atom. The van der Waals surface area contributed by atoms with Gasteiger partial charge in [-0.25, -0.2) is 8.42 Å². The molecular formula is C19H21NO3S2. The van der Waals surface area contributed by atoms with Crippen LogP contribution in [-0.2, 0) is 20.4 Å². The fourth-order valence-corrected chi connectivity index (χ4v) is 5.53. The van der Waals surface area contributed by atoms with Gasteiger partial charge in [-0.3, -0.25) is 4.79 Å². The summed E-state index contributed by atoms with van der Waals surface area (Å²) in [5, 5.41) is -0.502. The minimum atomic E-state index is -3.37. The minimum Gasteiger partial charge on any atom is -0.341 e. The molecule has 0 saturated carbocycles. The van der Waals surface area contributed by atoms with Gasteiger partial charge in [0.2, 0.25) is 5.91 Å². The second-order valence-electron chi connectivity index (χ2n) is 6.09. The molecule has 6 heteroatoms. The number of hydrogen-bond donors (Lipinski definition) is 0. The van der Waals surface area contributed by atoms with Gasteiger partial charge in [-0.15, -0.1) is 11.8 Å². The molecule has 2 aromatic carbocycles. The van der Waals surface area contributed by atoms with Crippen molar-refractivity contribution in [3.8, 4) is 0 Å². The van der Waals surface area contributed by atoms with Crippen LogP contribution < -0.4 is 0 Å². The van der Waals surface area contributed by atoms with E-state index < -0.39 is 15.1 Å². The van der Waals surface area contributed by atoms with Crippen molar-refractivity contribution >= 4 is 27.5 Å². The number of amides is 1. The van der Waals surface area contributed by atoms with E-state index in [1.165, 1.54) is 5.56 Å². The van der Waals surface area contributed by atoms with Crippen LogP contribution in [0.3, 0.4) is 0 Å². The lowest BCUT2D eigenvalue weighted by Gasteiger charge is -2.16. The van der Waals surface area contributed by atoms with Gasteiger partial charge in [0, 0.05) is 18.8 Å². The first-order valence-electron chi connectivity index (χ1n) is 8.26. The van der Waals surface area contributed by atoms with Crippen molar-refractivity contribution in [2.24, 2.45) is 0 Å². The fourth-order valence-electron chi connectivity index (χ4n) is 2.93. The van der Waals surface area contributed by atoms with E-state index in [1.807, 2.05) is 30.3 Å². The Morgan fingerprint density at radius 3 is 2.36 bits per heavy atom. The first-order valence-corrected chi connectivity index (χ1v) is 11.0. The summed E-state index contributed by atoms with van der Waals surface area (Å²) in [6, 6.07) is 18.5. The highest BCUT2D eigenvalue weighted by Gasteiger charge is 2.35. The second kappa shape index (κ2) is 8.06. The van der Waals surface area contributed by atoms with E-state index in [0.29, 0.717) is 30.2 Å². The molecule has 132 valence electrons. The lowest BCUT2D eigenvalue weighted by atomic mass is 10.2. The molecule has 1 saturated heterocycles. The Kier molecular flexibility index (Phi) is 5.81. The van der Waals surface area contributed by atoms with E-state index in [2.05, 4.69) is 0 Å². The van der Waals surface area contributed by atoms with E-state index in [9.17, 15) is 13.2 Å². The average Bonchev–Trinajstić information content (AvgIpc) is 3.14. The third-order valence-corrected chi connectivity index (χ3v) is 7.53. The van der Waals surface area contributed by atoms with Gasteiger partial charge in [0.15, 0.2) is 9.84 Å². The summed E-state index contributed by atoms with van der Waals surface area (Å²) in [7, 11) is -3.37. The van der Waals surface area contributed by atoms with Crippen LogP contribution in [0.25, 0.3) is 0 Å². The van der Waals surface area contributed by atoms with Crippen molar-refractivity contribution in [3.63, 3.8) is 0 Å². The number of rotatable bonds is 6. The molecule has 3 rings (SSSR count). The van der Waals surface area contributed by atoms with Crippen LogP contribution >= 0.6 is 11.8 Å². The monoisotopic (exact) mass is 375 g/mol. The molecule has 0 aliphatic carbocycles. The average molecular weight is 376 g/mol. The molecule has 1 amide bonds. The Bertz CT molecular complexity index is 807. The quantitative estimate of drug-likeness (QED) is 0.779. The van der Waals surface area contributed by atoms with Gasteiger partial charge in [0.1, 0.15) is 0 Å². The smallest absolute Gasteiger partial charge is 0.232 e. The van der Waals surface area contributed by atoms with E-state index in [0.717, 1.165) is 5.75 Å². The molecule has 1 aliphatic heterocycles. The van der Waals surface area contributed by atoms with Crippen LogP contribution in [0.15, 0.2) is 65.6 Å². The van der Waals surface area contributed by atoms with Crippen molar-refractivity contribution in [1.82, 2.24) is 4.90 Å². The first-order chi connectivity index (χ1) is 12.1. The van der Waals surface area contributed by atoms with E-state index >= 15 is 0 Å².